The Kier molecular flexibility index (Phi) is 8.93. The molecule has 4 aromatic rings. The van der Waals surface area contributed by atoms with E-state index in [0.717, 1.165) is 6.42 Å². The quantitative estimate of drug-likeness (QED) is 0.322. The molecule has 0 aliphatic heterocycles. The normalized spacial score (nSPS) is 22.5. The van der Waals surface area contributed by atoms with E-state index in [4.69, 9.17) is 0 Å². The van der Waals surface area contributed by atoms with Gasteiger partial charge in [-0.25, -0.2) is 0 Å². The van der Waals surface area contributed by atoms with Crippen molar-refractivity contribution < 1.29 is 51.0 Å². The van der Waals surface area contributed by atoms with E-state index in [1.807, 2.05) is 0 Å². The third kappa shape index (κ3) is 4.63. The molecule has 0 N–H and O–H groups in total. The maximum absolute atomic E-state index is 2.65. The second-order valence-electron chi connectivity index (χ2n) is 12.2. The average molecular weight is 641 g/mol. The molecule has 40 heavy (non-hydrogen) atoms. The molecule has 7 rings (SSSR count). The van der Waals surface area contributed by atoms with Crippen LogP contribution >= 0.6 is 0 Å². The summed E-state index contributed by atoms with van der Waals surface area (Å²) in [5.41, 5.74) is 11.8. The Bertz CT molecular complexity index is 1500. The van der Waals surface area contributed by atoms with Crippen LogP contribution in [0.2, 0.25) is 0 Å². The SMILES string of the molecule is CC(C)(C)C1=CC2C(=C1)C(c1ccccc1)CC2(c1ccccc1)C1c2ccccc2-c2ccccc21.[Cl-].[Cl-].[Zr+2]. The molecular formula is C37H34Cl2Zr. The number of fused-ring (bicyclic) bond motifs is 4. The fourth-order valence-corrected chi connectivity index (χ4v) is 7.62. The molecule has 200 valence electrons. The van der Waals surface area contributed by atoms with E-state index < -0.39 is 0 Å². The van der Waals surface area contributed by atoms with Gasteiger partial charge < -0.3 is 24.8 Å². The fourth-order valence-electron chi connectivity index (χ4n) is 7.62. The largest absolute Gasteiger partial charge is 2.00 e. The van der Waals surface area contributed by atoms with Crippen molar-refractivity contribution in [2.45, 2.75) is 44.4 Å². The first-order valence-corrected chi connectivity index (χ1v) is 13.7. The second-order valence-corrected chi connectivity index (χ2v) is 12.2. The molecule has 1 fully saturated rings. The van der Waals surface area contributed by atoms with E-state index in [1.165, 1.54) is 39.0 Å². The molecule has 3 atom stereocenters. The minimum Gasteiger partial charge on any atom is -1.00 e. The van der Waals surface area contributed by atoms with Gasteiger partial charge in [-0.05, 0) is 50.8 Å². The predicted octanol–water partition coefficient (Wildman–Crippen LogP) is 3.46. The van der Waals surface area contributed by atoms with Crippen molar-refractivity contribution in [2.75, 3.05) is 0 Å². The van der Waals surface area contributed by atoms with Crippen LogP contribution in [0, 0.1) is 11.3 Å². The van der Waals surface area contributed by atoms with Crippen molar-refractivity contribution >= 4 is 0 Å². The molecule has 0 spiro atoms. The molecule has 0 aromatic heterocycles. The van der Waals surface area contributed by atoms with Crippen molar-refractivity contribution in [3.05, 3.63) is 155 Å². The monoisotopic (exact) mass is 638 g/mol. The van der Waals surface area contributed by atoms with Gasteiger partial charge in [0.15, 0.2) is 0 Å². The minimum absolute atomic E-state index is 0. The average Bonchev–Trinajstić information content (AvgIpc) is 3.60. The molecule has 3 heteroatoms. The van der Waals surface area contributed by atoms with Gasteiger partial charge in [-0.15, -0.1) is 0 Å². The molecule has 4 aromatic carbocycles. The van der Waals surface area contributed by atoms with Crippen LogP contribution in [0.1, 0.15) is 61.3 Å². The Hall–Kier alpha value is -2.18. The van der Waals surface area contributed by atoms with E-state index in [9.17, 15) is 0 Å². The van der Waals surface area contributed by atoms with Gasteiger partial charge in [0.25, 0.3) is 0 Å². The fraction of sp³-hybridized carbons (Fsp3) is 0.243. The van der Waals surface area contributed by atoms with Gasteiger partial charge >= 0.3 is 26.2 Å². The zero-order valence-corrected chi connectivity index (χ0v) is 27.2. The summed E-state index contributed by atoms with van der Waals surface area (Å²) in [6, 6.07) is 41.0. The van der Waals surface area contributed by atoms with E-state index in [2.05, 4.69) is 142 Å². The van der Waals surface area contributed by atoms with Gasteiger partial charge in [0.1, 0.15) is 0 Å². The van der Waals surface area contributed by atoms with Gasteiger partial charge in [0.2, 0.25) is 0 Å². The van der Waals surface area contributed by atoms with Crippen molar-refractivity contribution in [1.82, 2.24) is 0 Å². The Labute approximate surface area is 271 Å². The summed E-state index contributed by atoms with van der Waals surface area (Å²) in [5, 5.41) is 0. The first-order valence-electron chi connectivity index (χ1n) is 13.7. The van der Waals surface area contributed by atoms with Crippen LogP contribution in [0.15, 0.2) is 132 Å². The van der Waals surface area contributed by atoms with Gasteiger partial charge in [0.05, 0.1) is 0 Å². The van der Waals surface area contributed by atoms with Crippen molar-refractivity contribution in [3.8, 4) is 11.1 Å². The first-order chi connectivity index (χ1) is 18.0. The number of rotatable bonds is 3. The van der Waals surface area contributed by atoms with Crippen LogP contribution in [0.5, 0.6) is 0 Å². The van der Waals surface area contributed by atoms with E-state index in [1.54, 1.807) is 5.57 Å². The Morgan fingerprint density at radius 2 is 1.15 bits per heavy atom. The zero-order valence-electron chi connectivity index (χ0n) is 23.2. The summed E-state index contributed by atoms with van der Waals surface area (Å²) in [6.07, 6.45) is 6.33. The summed E-state index contributed by atoms with van der Waals surface area (Å²) in [7, 11) is 0. The second kappa shape index (κ2) is 11.6. The van der Waals surface area contributed by atoms with Gasteiger partial charge in [-0.2, -0.15) is 0 Å². The maximum atomic E-state index is 2.65. The molecule has 0 nitrogen and oxygen atoms in total. The molecular weight excluding hydrogens is 607 g/mol. The third-order valence-electron chi connectivity index (χ3n) is 9.25. The van der Waals surface area contributed by atoms with E-state index >= 15 is 0 Å². The Morgan fingerprint density at radius 1 is 0.650 bits per heavy atom. The Balaban J connectivity index is 0.00000123. The number of hydrogen-bond acceptors (Lipinski definition) is 0. The molecule has 0 radical (unpaired) electrons. The van der Waals surface area contributed by atoms with E-state index in [-0.39, 0.29) is 61.8 Å². The third-order valence-corrected chi connectivity index (χ3v) is 9.25. The Morgan fingerprint density at radius 3 is 1.70 bits per heavy atom. The molecule has 3 aliphatic rings. The summed E-state index contributed by atoms with van der Waals surface area (Å²) in [4.78, 5) is 0. The number of allylic oxidation sites excluding steroid dienone is 4. The smallest absolute Gasteiger partial charge is 1.00 e. The molecule has 0 saturated heterocycles. The predicted molar refractivity (Wildman–Crippen MR) is 155 cm³/mol. The van der Waals surface area contributed by atoms with Gasteiger partial charge in [-0.3, -0.25) is 0 Å². The molecule has 3 aliphatic carbocycles. The zero-order chi connectivity index (χ0) is 25.2. The molecule has 0 amide bonds. The summed E-state index contributed by atoms with van der Waals surface area (Å²) in [5.74, 6) is 1.07. The van der Waals surface area contributed by atoms with Crippen molar-refractivity contribution in [1.29, 1.82) is 0 Å². The summed E-state index contributed by atoms with van der Waals surface area (Å²) < 4.78 is 0. The van der Waals surface area contributed by atoms with Gasteiger partial charge in [-0.1, -0.05) is 148 Å². The minimum atomic E-state index is -0.0662. The molecule has 0 bridgehead atoms. The number of hydrogen-bond donors (Lipinski definition) is 0. The summed E-state index contributed by atoms with van der Waals surface area (Å²) in [6.45, 7) is 7.08. The van der Waals surface area contributed by atoms with Crippen LogP contribution in [-0.2, 0) is 31.6 Å². The van der Waals surface area contributed by atoms with Crippen LogP contribution in [0.25, 0.3) is 11.1 Å². The standard InChI is InChI=1S/C37H34.2ClH.Zr/c1-36(2,3)27-22-32-33(25-14-6-4-7-15-25)24-37(34(32)23-27,26-16-8-5-9-17-26)35-30-20-12-10-18-28(30)29-19-11-13-21-31(29)35;;;/h4-23,33-35H,24H2,1-3H3;2*1H;/q;;;+2/p-2. The van der Waals surface area contributed by atoms with Gasteiger partial charge in [0, 0.05) is 23.2 Å². The van der Waals surface area contributed by atoms with Crippen LogP contribution in [0.3, 0.4) is 0 Å². The topological polar surface area (TPSA) is 0 Å². The summed E-state index contributed by atoms with van der Waals surface area (Å²) >= 11 is 0. The maximum Gasteiger partial charge on any atom is 2.00 e. The molecule has 3 unspecified atom stereocenters. The molecule has 1 saturated carbocycles. The van der Waals surface area contributed by atoms with Crippen LogP contribution < -0.4 is 24.8 Å². The molecule has 0 heterocycles. The number of halogens is 2. The van der Waals surface area contributed by atoms with Crippen LogP contribution in [0.4, 0.5) is 0 Å². The van der Waals surface area contributed by atoms with Crippen LogP contribution in [-0.4, -0.2) is 0 Å². The number of benzene rings is 4. The van der Waals surface area contributed by atoms with E-state index in [0.29, 0.717) is 17.8 Å². The van der Waals surface area contributed by atoms with Crippen molar-refractivity contribution in [2.24, 2.45) is 11.3 Å². The van der Waals surface area contributed by atoms with Crippen molar-refractivity contribution in [3.63, 3.8) is 0 Å². The first kappa shape index (κ1) is 30.8.